The first-order valence-corrected chi connectivity index (χ1v) is 7.61. The second-order valence-electron chi connectivity index (χ2n) is 4.47. The standard InChI is InChI=1S/C14H15ClN4OS/c1-8-6-12(16)19-14(17-8)21-7-13(20)18-11-5-3-4-10(15)9(11)2/h3-6H,7H2,1-2H3,(H,18,20)(H2,16,17,19). The highest BCUT2D eigenvalue weighted by molar-refractivity contribution is 7.99. The number of rotatable bonds is 4. The number of halogens is 1. The number of benzene rings is 1. The fourth-order valence-corrected chi connectivity index (χ4v) is 2.57. The normalized spacial score (nSPS) is 10.4. The third-order valence-corrected chi connectivity index (χ3v) is 3.98. The maximum atomic E-state index is 12.0. The lowest BCUT2D eigenvalue weighted by Crippen LogP contribution is -2.15. The van der Waals surface area contributed by atoms with Gasteiger partial charge in [-0.3, -0.25) is 4.79 Å². The van der Waals surface area contributed by atoms with Crippen LogP contribution in [0.5, 0.6) is 0 Å². The summed E-state index contributed by atoms with van der Waals surface area (Å²) in [6, 6.07) is 7.07. The van der Waals surface area contributed by atoms with Gasteiger partial charge in [0.25, 0.3) is 0 Å². The molecular weight excluding hydrogens is 308 g/mol. The van der Waals surface area contributed by atoms with E-state index >= 15 is 0 Å². The average Bonchev–Trinajstić information content (AvgIpc) is 2.41. The van der Waals surface area contributed by atoms with Crippen molar-refractivity contribution in [2.24, 2.45) is 0 Å². The van der Waals surface area contributed by atoms with Crippen molar-refractivity contribution in [2.75, 3.05) is 16.8 Å². The maximum Gasteiger partial charge on any atom is 0.234 e. The van der Waals surface area contributed by atoms with E-state index in [1.807, 2.05) is 19.9 Å². The number of nitrogens with zero attached hydrogens (tertiary/aromatic N) is 2. The number of carbonyl (C=O) groups excluding carboxylic acids is 1. The van der Waals surface area contributed by atoms with Crippen LogP contribution in [0.1, 0.15) is 11.3 Å². The molecule has 0 spiro atoms. The number of nitrogens with one attached hydrogen (secondary N) is 1. The van der Waals surface area contributed by atoms with Gasteiger partial charge in [-0.05, 0) is 31.5 Å². The Morgan fingerprint density at radius 2 is 2.14 bits per heavy atom. The van der Waals surface area contributed by atoms with E-state index in [2.05, 4.69) is 15.3 Å². The molecule has 3 N–H and O–H groups in total. The lowest BCUT2D eigenvalue weighted by atomic mass is 10.2. The van der Waals surface area contributed by atoms with Gasteiger partial charge in [-0.25, -0.2) is 9.97 Å². The molecule has 21 heavy (non-hydrogen) atoms. The zero-order valence-electron chi connectivity index (χ0n) is 11.7. The Kier molecular flexibility index (Phi) is 5.03. The molecule has 2 aromatic rings. The van der Waals surface area contributed by atoms with E-state index in [0.29, 0.717) is 21.7 Å². The molecule has 1 aromatic heterocycles. The Hall–Kier alpha value is -1.79. The van der Waals surface area contributed by atoms with Crippen molar-refractivity contribution in [2.45, 2.75) is 19.0 Å². The second-order valence-corrected chi connectivity index (χ2v) is 5.82. The number of aryl methyl sites for hydroxylation is 1. The van der Waals surface area contributed by atoms with Crippen LogP contribution in [0.4, 0.5) is 11.5 Å². The number of amides is 1. The Balaban J connectivity index is 1.97. The smallest absolute Gasteiger partial charge is 0.234 e. The Bertz CT molecular complexity index is 658. The van der Waals surface area contributed by atoms with Crippen LogP contribution >= 0.6 is 23.4 Å². The summed E-state index contributed by atoms with van der Waals surface area (Å²) < 4.78 is 0. The highest BCUT2D eigenvalue weighted by atomic mass is 35.5. The van der Waals surface area contributed by atoms with Crippen molar-refractivity contribution in [3.05, 3.63) is 40.5 Å². The van der Waals surface area contributed by atoms with Gasteiger partial charge in [0.15, 0.2) is 5.16 Å². The van der Waals surface area contributed by atoms with E-state index in [1.165, 1.54) is 11.8 Å². The lowest BCUT2D eigenvalue weighted by molar-refractivity contribution is -0.113. The molecule has 0 unspecified atom stereocenters. The zero-order valence-corrected chi connectivity index (χ0v) is 13.3. The molecule has 0 aliphatic carbocycles. The van der Waals surface area contributed by atoms with Gasteiger partial charge < -0.3 is 11.1 Å². The number of thioether (sulfide) groups is 1. The first kappa shape index (κ1) is 15.6. The minimum Gasteiger partial charge on any atom is -0.384 e. The second kappa shape index (κ2) is 6.78. The van der Waals surface area contributed by atoms with Gasteiger partial charge >= 0.3 is 0 Å². The summed E-state index contributed by atoms with van der Waals surface area (Å²) in [5.41, 5.74) is 7.97. The van der Waals surface area contributed by atoms with E-state index in [4.69, 9.17) is 17.3 Å². The van der Waals surface area contributed by atoms with Gasteiger partial charge in [0.2, 0.25) is 5.91 Å². The predicted molar refractivity (Wildman–Crippen MR) is 86.7 cm³/mol. The van der Waals surface area contributed by atoms with Crippen molar-refractivity contribution in [3.8, 4) is 0 Å². The summed E-state index contributed by atoms with van der Waals surface area (Å²) in [6.07, 6.45) is 0. The van der Waals surface area contributed by atoms with Crippen molar-refractivity contribution in [1.29, 1.82) is 0 Å². The summed E-state index contributed by atoms with van der Waals surface area (Å²) in [6.45, 7) is 3.69. The zero-order chi connectivity index (χ0) is 15.4. The highest BCUT2D eigenvalue weighted by Crippen LogP contribution is 2.23. The number of nitrogen functional groups attached to an aromatic ring is 1. The van der Waals surface area contributed by atoms with E-state index in [9.17, 15) is 4.79 Å². The minimum atomic E-state index is -0.144. The molecule has 1 heterocycles. The fourth-order valence-electron chi connectivity index (χ4n) is 1.69. The SMILES string of the molecule is Cc1cc(N)nc(SCC(=O)Nc2cccc(Cl)c2C)n1. The molecule has 1 aromatic carbocycles. The molecule has 1 amide bonds. The molecule has 0 fully saturated rings. The molecule has 7 heteroatoms. The Morgan fingerprint density at radius 1 is 1.38 bits per heavy atom. The molecule has 5 nitrogen and oxygen atoms in total. The number of anilines is 2. The molecule has 0 saturated heterocycles. The third kappa shape index (κ3) is 4.34. The van der Waals surface area contributed by atoms with Gasteiger partial charge in [-0.1, -0.05) is 29.4 Å². The number of hydrogen-bond acceptors (Lipinski definition) is 5. The van der Waals surface area contributed by atoms with Gasteiger partial charge in [-0.15, -0.1) is 0 Å². The summed E-state index contributed by atoms with van der Waals surface area (Å²) >= 11 is 7.25. The quantitative estimate of drug-likeness (QED) is 0.668. The fraction of sp³-hybridized carbons (Fsp3) is 0.214. The van der Waals surface area contributed by atoms with Crippen molar-refractivity contribution in [1.82, 2.24) is 9.97 Å². The number of nitrogens with two attached hydrogens (primary N) is 1. The first-order chi connectivity index (χ1) is 9.95. The number of aromatic nitrogens is 2. The van der Waals surface area contributed by atoms with E-state index in [0.717, 1.165) is 11.3 Å². The molecule has 0 aliphatic rings. The monoisotopic (exact) mass is 322 g/mol. The molecule has 0 saturated carbocycles. The molecule has 0 aliphatic heterocycles. The van der Waals surface area contributed by atoms with Crippen LogP contribution in [0.25, 0.3) is 0 Å². The van der Waals surface area contributed by atoms with Crippen molar-refractivity contribution in [3.63, 3.8) is 0 Å². The van der Waals surface area contributed by atoms with Crippen LogP contribution < -0.4 is 11.1 Å². The minimum absolute atomic E-state index is 0.144. The molecule has 2 rings (SSSR count). The molecule has 0 atom stereocenters. The number of carbonyl (C=O) groups is 1. The predicted octanol–water partition coefficient (Wildman–Crippen LogP) is 3.06. The van der Waals surface area contributed by atoms with Crippen molar-refractivity contribution >= 4 is 40.8 Å². The molecule has 0 bridgehead atoms. The van der Waals surface area contributed by atoms with E-state index < -0.39 is 0 Å². The van der Waals surface area contributed by atoms with E-state index in [-0.39, 0.29) is 11.7 Å². The van der Waals surface area contributed by atoms with Crippen LogP contribution in [0.3, 0.4) is 0 Å². The van der Waals surface area contributed by atoms with E-state index in [1.54, 1.807) is 18.2 Å². The highest BCUT2D eigenvalue weighted by Gasteiger charge is 2.09. The van der Waals surface area contributed by atoms with Crippen LogP contribution in [0, 0.1) is 13.8 Å². The van der Waals surface area contributed by atoms with Gasteiger partial charge in [0.1, 0.15) is 5.82 Å². The summed E-state index contributed by atoms with van der Waals surface area (Å²) in [7, 11) is 0. The van der Waals surface area contributed by atoms with Crippen molar-refractivity contribution < 1.29 is 4.79 Å². The van der Waals surface area contributed by atoms with Gasteiger partial charge in [0.05, 0.1) is 5.75 Å². The lowest BCUT2D eigenvalue weighted by Gasteiger charge is -2.09. The van der Waals surface area contributed by atoms with Gasteiger partial charge in [-0.2, -0.15) is 0 Å². The molecule has 0 radical (unpaired) electrons. The van der Waals surface area contributed by atoms with Crippen LogP contribution in [-0.4, -0.2) is 21.6 Å². The van der Waals surface area contributed by atoms with Gasteiger partial charge in [0, 0.05) is 22.5 Å². The topological polar surface area (TPSA) is 80.9 Å². The molecular formula is C14H15ClN4OS. The largest absolute Gasteiger partial charge is 0.384 e. The Labute approximate surface area is 132 Å². The molecule has 110 valence electrons. The third-order valence-electron chi connectivity index (χ3n) is 2.73. The maximum absolute atomic E-state index is 12.0. The Morgan fingerprint density at radius 3 is 2.86 bits per heavy atom. The summed E-state index contributed by atoms with van der Waals surface area (Å²) in [5, 5.41) is 3.93. The number of hydrogen-bond donors (Lipinski definition) is 2. The first-order valence-electron chi connectivity index (χ1n) is 6.24. The van der Waals surface area contributed by atoms with Crippen LogP contribution in [-0.2, 0) is 4.79 Å². The van der Waals surface area contributed by atoms with Crippen LogP contribution in [0.2, 0.25) is 5.02 Å². The summed E-state index contributed by atoms with van der Waals surface area (Å²) in [4.78, 5) is 20.2. The average molecular weight is 323 g/mol. The summed E-state index contributed by atoms with van der Waals surface area (Å²) in [5.74, 6) is 0.458. The van der Waals surface area contributed by atoms with Crippen LogP contribution in [0.15, 0.2) is 29.4 Å².